The van der Waals surface area contributed by atoms with Crippen molar-refractivity contribution in [2.45, 2.75) is 63.3 Å². The minimum absolute atomic E-state index is 0.109. The highest BCUT2D eigenvalue weighted by Crippen LogP contribution is 2.23. The third-order valence-corrected chi connectivity index (χ3v) is 6.88. The van der Waals surface area contributed by atoms with Gasteiger partial charge in [0.1, 0.15) is 0 Å². The highest BCUT2D eigenvalue weighted by molar-refractivity contribution is 7.92. The molecule has 2 aliphatic heterocycles. The fraction of sp³-hybridized carbons (Fsp3) is 1.00. The van der Waals surface area contributed by atoms with Crippen LogP contribution in [-0.4, -0.2) is 56.0 Å². The molecule has 0 bridgehead atoms. The van der Waals surface area contributed by atoms with Crippen LogP contribution in [-0.2, 0) is 9.84 Å². The Bertz CT molecular complexity index is 383. The summed E-state index contributed by atoms with van der Waals surface area (Å²) in [6.07, 6.45) is 5.18. The van der Waals surface area contributed by atoms with Crippen molar-refractivity contribution in [3.8, 4) is 0 Å². The molecule has 0 aliphatic carbocycles. The van der Waals surface area contributed by atoms with Gasteiger partial charge in [-0.3, -0.25) is 4.90 Å². The van der Waals surface area contributed by atoms with E-state index in [1.54, 1.807) is 0 Å². The molecule has 0 radical (unpaired) electrons. The maximum absolute atomic E-state index is 12.0. The van der Waals surface area contributed by atoms with Gasteiger partial charge in [-0.15, -0.1) is 0 Å². The SMILES string of the molecule is CCCC1CN(CC2CCCS2(=O)=O)C(CC)CN1. The Morgan fingerprint density at radius 2 is 2.11 bits per heavy atom. The molecular formula is C14H28N2O2S. The molecule has 0 amide bonds. The molecule has 0 spiro atoms. The largest absolute Gasteiger partial charge is 0.311 e. The average molecular weight is 288 g/mol. The Balaban J connectivity index is 1.98. The lowest BCUT2D eigenvalue weighted by Gasteiger charge is -2.41. The summed E-state index contributed by atoms with van der Waals surface area (Å²) in [6, 6.07) is 1.04. The van der Waals surface area contributed by atoms with Crippen molar-refractivity contribution in [2.75, 3.05) is 25.4 Å². The zero-order valence-corrected chi connectivity index (χ0v) is 13.1. The first-order valence-corrected chi connectivity index (χ1v) is 9.47. The van der Waals surface area contributed by atoms with E-state index in [2.05, 4.69) is 24.1 Å². The number of sulfone groups is 1. The van der Waals surface area contributed by atoms with Gasteiger partial charge in [-0.2, -0.15) is 0 Å². The van der Waals surface area contributed by atoms with Gasteiger partial charge in [-0.05, 0) is 25.7 Å². The standard InChI is InChI=1S/C14H28N2O2S/c1-3-6-12-10-16(13(4-2)9-15-12)11-14-7-5-8-19(14,17)18/h12-15H,3-11H2,1-2H3. The summed E-state index contributed by atoms with van der Waals surface area (Å²) in [5, 5.41) is 3.50. The van der Waals surface area contributed by atoms with Crippen molar-refractivity contribution >= 4 is 9.84 Å². The minimum Gasteiger partial charge on any atom is -0.311 e. The quantitative estimate of drug-likeness (QED) is 0.831. The molecule has 2 saturated heterocycles. The van der Waals surface area contributed by atoms with E-state index in [-0.39, 0.29) is 5.25 Å². The van der Waals surface area contributed by atoms with Crippen LogP contribution in [0.25, 0.3) is 0 Å². The maximum Gasteiger partial charge on any atom is 0.154 e. The highest BCUT2D eigenvalue weighted by atomic mass is 32.2. The number of rotatable bonds is 5. The van der Waals surface area contributed by atoms with Gasteiger partial charge in [0.2, 0.25) is 0 Å². The second-order valence-corrected chi connectivity index (χ2v) is 8.44. The van der Waals surface area contributed by atoms with Crippen LogP contribution in [0.15, 0.2) is 0 Å². The highest BCUT2D eigenvalue weighted by Gasteiger charge is 2.35. The van der Waals surface area contributed by atoms with Crippen LogP contribution in [0.5, 0.6) is 0 Å². The van der Waals surface area contributed by atoms with E-state index in [1.165, 1.54) is 12.8 Å². The van der Waals surface area contributed by atoms with Crippen molar-refractivity contribution in [1.82, 2.24) is 10.2 Å². The lowest BCUT2D eigenvalue weighted by Crippen LogP contribution is -2.57. The van der Waals surface area contributed by atoms with Crippen LogP contribution in [0, 0.1) is 0 Å². The third-order valence-electron chi connectivity index (χ3n) is 4.62. The summed E-state index contributed by atoms with van der Waals surface area (Å²) in [7, 11) is -2.81. The molecule has 19 heavy (non-hydrogen) atoms. The predicted molar refractivity (Wildman–Crippen MR) is 79.2 cm³/mol. The van der Waals surface area contributed by atoms with E-state index in [9.17, 15) is 8.42 Å². The van der Waals surface area contributed by atoms with E-state index < -0.39 is 9.84 Å². The summed E-state index contributed by atoms with van der Waals surface area (Å²) < 4.78 is 24.0. The molecule has 2 heterocycles. The molecule has 3 unspecified atom stereocenters. The topological polar surface area (TPSA) is 49.4 Å². The number of hydrogen-bond acceptors (Lipinski definition) is 4. The first-order valence-electron chi connectivity index (χ1n) is 7.75. The van der Waals surface area contributed by atoms with E-state index in [0.29, 0.717) is 17.8 Å². The fourth-order valence-electron chi connectivity index (χ4n) is 3.42. The van der Waals surface area contributed by atoms with Gasteiger partial charge in [-0.1, -0.05) is 20.3 Å². The van der Waals surface area contributed by atoms with Crippen LogP contribution in [0.1, 0.15) is 46.0 Å². The molecule has 0 aromatic heterocycles. The molecule has 0 aromatic rings. The molecule has 1 N–H and O–H groups in total. The van der Waals surface area contributed by atoms with E-state index in [1.807, 2.05) is 0 Å². The lowest BCUT2D eigenvalue weighted by atomic mass is 10.0. The first-order chi connectivity index (χ1) is 9.06. The van der Waals surface area contributed by atoms with Crippen molar-refractivity contribution < 1.29 is 8.42 Å². The average Bonchev–Trinajstić information content (AvgIpc) is 2.70. The van der Waals surface area contributed by atoms with E-state index in [0.717, 1.165) is 38.9 Å². The van der Waals surface area contributed by atoms with Gasteiger partial charge in [0.05, 0.1) is 11.0 Å². The number of nitrogens with zero attached hydrogens (tertiary/aromatic N) is 1. The molecule has 4 nitrogen and oxygen atoms in total. The van der Waals surface area contributed by atoms with Crippen molar-refractivity contribution in [2.24, 2.45) is 0 Å². The summed E-state index contributed by atoms with van der Waals surface area (Å²) in [6.45, 7) is 7.18. The van der Waals surface area contributed by atoms with Crippen LogP contribution >= 0.6 is 0 Å². The van der Waals surface area contributed by atoms with E-state index in [4.69, 9.17) is 0 Å². The van der Waals surface area contributed by atoms with Gasteiger partial charge in [0.25, 0.3) is 0 Å². The van der Waals surface area contributed by atoms with Crippen molar-refractivity contribution in [3.63, 3.8) is 0 Å². The summed E-state index contributed by atoms with van der Waals surface area (Å²) in [5.41, 5.74) is 0. The van der Waals surface area contributed by atoms with Gasteiger partial charge in [0, 0.05) is 31.7 Å². The maximum atomic E-state index is 12.0. The summed E-state index contributed by atoms with van der Waals surface area (Å²) >= 11 is 0. The van der Waals surface area contributed by atoms with Crippen molar-refractivity contribution in [1.29, 1.82) is 0 Å². The Hall–Kier alpha value is -0.130. The molecule has 0 aromatic carbocycles. The number of nitrogens with one attached hydrogen (secondary N) is 1. The van der Waals surface area contributed by atoms with Crippen LogP contribution in [0.3, 0.4) is 0 Å². The van der Waals surface area contributed by atoms with Gasteiger partial charge in [0.15, 0.2) is 9.84 Å². The fourth-order valence-corrected chi connectivity index (χ4v) is 5.27. The molecule has 2 fully saturated rings. The Morgan fingerprint density at radius 3 is 2.68 bits per heavy atom. The zero-order chi connectivity index (χ0) is 13.9. The van der Waals surface area contributed by atoms with Crippen LogP contribution in [0.2, 0.25) is 0 Å². The molecule has 112 valence electrons. The Kier molecular flexibility index (Phi) is 5.26. The normalized spacial score (nSPS) is 35.6. The Morgan fingerprint density at radius 1 is 1.32 bits per heavy atom. The van der Waals surface area contributed by atoms with Crippen LogP contribution < -0.4 is 5.32 Å². The monoisotopic (exact) mass is 288 g/mol. The van der Waals surface area contributed by atoms with E-state index >= 15 is 0 Å². The smallest absolute Gasteiger partial charge is 0.154 e. The molecule has 0 saturated carbocycles. The van der Waals surface area contributed by atoms with Crippen LogP contribution in [0.4, 0.5) is 0 Å². The summed E-state index contributed by atoms with van der Waals surface area (Å²) in [4.78, 5) is 2.43. The lowest BCUT2D eigenvalue weighted by molar-refractivity contribution is 0.122. The third kappa shape index (κ3) is 3.70. The van der Waals surface area contributed by atoms with Gasteiger partial charge < -0.3 is 5.32 Å². The Labute approximate surface area is 117 Å². The van der Waals surface area contributed by atoms with Gasteiger partial charge >= 0.3 is 0 Å². The second-order valence-electron chi connectivity index (χ2n) is 6.04. The number of piperazine rings is 1. The predicted octanol–water partition coefficient (Wildman–Crippen LogP) is 1.42. The minimum atomic E-state index is -2.81. The summed E-state index contributed by atoms with van der Waals surface area (Å²) in [5.74, 6) is 0.402. The second kappa shape index (κ2) is 6.55. The first kappa shape index (κ1) is 15.3. The van der Waals surface area contributed by atoms with Gasteiger partial charge in [-0.25, -0.2) is 8.42 Å². The number of hydrogen-bond donors (Lipinski definition) is 1. The van der Waals surface area contributed by atoms with Crippen molar-refractivity contribution in [3.05, 3.63) is 0 Å². The molecule has 3 atom stereocenters. The zero-order valence-electron chi connectivity index (χ0n) is 12.3. The molecule has 5 heteroatoms. The molecule has 2 aliphatic rings. The molecular weight excluding hydrogens is 260 g/mol. The molecule has 2 rings (SSSR count).